The van der Waals surface area contributed by atoms with Gasteiger partial charge in [-0.25, -0.2) is 4.98 Å². The number of amides is 1. The molecule has 0 aliphatic heterocycles. The zero-order valence-corrected chi connectivity index (χ0v) is 16.6. The van der Waals surface area contributed by atoms with E-state index in [0.717, 1.165) is 5.56 Å². The Kier molecular flexibility index (Phi) is 6.99. The summed E-state index contributed by atoms with van der Waals surface area (Å²) in [6, 6.07) is 7.34. The maximum atomic E-state index is 12.0. The smallest absolute Gasteiger partial charge is 0.251 e. The first-order valence-corrected chi connectivity index (χ1v) is 9.50. The van der Waals surface area contributed by atoms with E-state index < -0.39 is 0 Å². The summed E-state index contributed by atoms with van der Waals surface area (Å²) in [6.45, 7) is 3.31. The second-order valence-corrected chi connectivity index (χ2v) is 6.55. The minimum absolute atomic E-state index is 0.00787. The molecule has 9 nitrogen and oxygen atoms in total. The average molecular weight is 416 g/mol. The van der Waals surface area contributed by atoms with Crippen molar-refractivity contribution in [3.8, 4) is 0 Å². The summed E-state index contributed by atoms with van der Waals surface area (Å²) in [5, 5.41) is 22.5. The van der Waals surface area contributed by atoms with Gasteiger partial charge in [-0.3, -0.25) is 9.48 Å². The predicted molar refractivity (Wildman–Crippen MR) is 111 cm³/mol. The molecule has 10 heteroatoms. The van der Waals surface area contributed by atoms with E-state index >= 15 is 0 Å². The molecule has 0 aliphatic rings. The number of hydrogen-bond acceptors (Lipinski definition) is 7. The molecule has 3 rings (SSSR count). The molecule has 2 aromatic heterocycles. The number of benzene rings is 1. The van der Waals surface area contributed by atoms with Crippen molar-refractivity contribution >= 4 is 35.0 Å². The Morgan fingerprint density at radius 1 is 1.31 bits per heavy atom. The first kappa shape index (κ1) is 20.6. The summed E-state index contributed by atoms with van der Waals surface area (Å²) >= 11 is 6.21. The summed E-state index contributed by atoms with van der Waals surface area (Å²) in [5.41, 5.74) is 2.21. The van der Waals surface area contributed by atoms with Crippen LogP contribution in [-0.4, -0.2) is 43.9 Å². The SMILES string of the molecule is CCNC(=O)c1cccc(CNc2nc(Nc3cnn(CCO)c3)ncc2Cl)c1. The van der Waals surface area contributed by atoms with Crippen LogP contribution in [0.4, 0.5) is 17.5 Å². The Labute approximate surface area is 173 Å². The number of nitrogens with one attached hydrogen (secondary N) is 3. The second-order valence-electron chi connectivity index (χ2n) is 6.14. The van der Waals surface area contributed by atoms with E-state index in [1.54, 1.807) is 23.1 Å². The molecule has 0 unspecified atom stereocenters. The molecule has 0 spiro atoms. The standard InChI is InChI=1S/C19H22ClN7O2/c1-2-21-18(29)14-5-3-4-13(8-14)9-22-17-16(20)11-23-19(26-17)25-15-10-24-27(12-15)6-7-28/h3-5,8,10-12,28H,2,6-7,9H2,1H3,(H,21,29)(H2,22,23,25,26). The van der Waals surface area contributed by atoms with E-state index in [2.05, 4.69) is 31.0 Å². The Morgan fingerprint density at radius 3 is 2.97 bits per heavy atom. The van der Waals surface area contributed by atoms with Crippen molar-refractivity contribution in [2.45, 2.75) is 20.0 Å². The molecule has 29 heavy (non-hydrogen) atoms. The van der Waals surface area contributed by atoms with Crippen LogP contribution < -0.4 is 16.0 Å². The zero-order chi connectivity index (χ0) is 20.6. The molecule has 0 atom stereocenters. The van der Waals surface area contributed by atoms with Crippen molar-refractivity contribution in [1.82, 2.24) is 25.1 Å². The third-order valence-corrected chi connectivity index (χ3v) is 4.23. The normalized spacial score (nSPS) is 10.6. The number of nitrogens with zero attached hydrogens (tertiary/aromatic N) is 4. The summed E-state index contributed by atoms with van der Waals surface area (Å²) in [7, 11) is 0. The molecule has 1 aromatic carbocycles. The van der Waals surface area contributed by atoms with Gasteiger partial charge in [-0.2, -0.15) is 10.1 Å². The fourth-order valence-corrected chi connectivity index (χ4v) is 2.76. The molecule has 4 N–H and O–H groups in total. The molecule has 0 fully saturated rings. The van der Waals surface area contributed by atoms with Crippen molar-refractivity contribution in [3.05, 3.63) is 59.0 Å². The lowest BCUT2D eigenvalue weighted by Gasteiger charge is -2.10. The van der Waals surface area contributed by atoms with Crippen molar-refractivity contribution in [2.75, 3.05) is 23.8 Å². The van der Waals surface area contributed by atoms with Crippen LogP contribution in [0.1, 0.15) is 22.8 Å². The number of rotatable bonds is 9. The number of halogens is 1. The highest BCUT2D eigenvalue weighted by atomic mass is 35.5. The number of carbonyl (C=O) groups is 1. The van der Waals surface area contributed by atoms with Crippen molar-refractivity contribution in [2.24, 2.45) is 0 Å². The monoisotopic (exact) mass is 415 g/mol. The van der Waals surface area contributed by atoms with Crippen LogP contribution in [0.15, 0.2) is 42.9 Å². The van der Waals surface area contributed by atoms with Crippen LogP contribution in [0.5, 0.6) is 0 Å². The van der Waals surface area contributed by atoms with Gasteiger partial charge in [-0.05, 0) is 24.6 Å². The number of anilines is 3. The molecular formula is C19H22ClN7O2. The molecule has 152 valence electrons. The van der Waals surface area contributed by atoms with Gasteiger partial charge in [0.15, 0.2) is 5.82 Å². The van der Waals surface area contributed by atoms with E-state index in [0.29, 0.717) is 47.7 Å². The van der Waals surface area contributed by atoms with Gasteiger partial charge in [0, 0.05) is 24.8 Å². The molecule has 2 heterocycles. The highest BCUT2D eigenvalue weighted by Crippen LogP contribution is 2.22. The molecule has 0 aliphatic carbocycles. The lowest BCUT2D eigenvalue weighted by molar-refractivity contribution is 0.0955. The van der Waals surface area contributed by atoms with Crippen LogP contribution in [0.2, 0.25) is 5.02 Å². The molecule has 0 saturated heterocycles. The maximum Gasteiger partial charge on any atom is 0.251 e. The van der Waals surface area contributed by atoms with E-state index in [9.17, 15) is 4.79 Å². The maximum absolute atomic E-state index is 12.0. The van der Waals surface area contributed by atoms with E-state index in [-0.39, 0.29) is 12.5 Å². The fraction of sp³-hybridized carbons (Fsp3) is 0.263. The molecule has 3 aromatic rings. The number of aromatic nitrogens is 4. The molecular weight excluding hydrogens is 394 g/mol. The average Bonchev–Trinajstić information content (AvgIpc) is 3.16. The van der Waals surface area contributed by atoms with Gasteiger partial charge in [-0.15, -0.1) is 0 Å². The second kappa shape index (κ2) is 9.85. The first-order valence-electron chi connectivity index (χ1n) is 9.13. The Balaban J connectivity index is 1.67. The van der Waals surface area contributed by atoms with Crippen molar-refractivity contribution in [1.29, 1.82) is 0 Å². The zero-order valence-electron chi connectivity index (χ0n) is 15.9. The van der Waals surface area contributed by atoms with Gasteiger partial charge in [0.05, 0.1) is 31.2 Å². The summed E-state index contributed by atoms with van der Waals surface area (Å²) in [6.07, 6.45) is 4.87. The number of aliphatic hydroxyl groups excluding tert-OH is 1. The predicted octanol–water partition coefficient (Wildman–Crippen LogP) is 2.42. The van der Waals surface area contributed by atoms with Gasteiger partial charge in [0.1, 0.15) is 5.02 Å². The highest BCUT2D eigenvalue weighted by molar-refractivity contribution is 6.32. The largest absolute Gasteiger partial charge is 0.394 e. The number of aliphatic hydroxyl groups is 1. The molecule has 0 radical (unpaired) electrons. The Morgan fingerprint density at radius 2 is 2.17 bits per heavy atom. The Hall–Kier alpha value is -3.17. The van der Waals surface area contributed by atoms with Crippen LogP contribution in [-0.2, 0) is 13.1 Å². The molecule has 1 amide bonds. The van der Waals surface area contributed by atoms with Gasteiger partial charge in [0.2, 0.25) is 5.95 Å². The number of hydrogen-bond donors (Lipinski definition) is 4. The van der Waals surface area contributed by atoms with Crippen molar-refractivity contribution < 1.29 is 9.90 Å². The lowest BCUT2D eigenvalue weighted by Crippen LogP contribution is -2.22. The Bertz CT molecular complexity index is 977. The third kappa shape index (κ3) is 5.66. The molecule has 0 bridgehead atoms. The summed E-state index contributed by atoms with van der Waals surface area (Å²) in [4.78, 5) is 20.5. The van der Waals surface area contributed by atoms with Crippen LogP contribution in [0.3, 0.4) is 0 Å². The number of carbonyl (C=O) groups excluding carboxylic acids is 1. The van der Waals surface area contributed by atoms with Crippen molar-refractivity contribution in [3.63, 3.8) is 0 Å². The van der Waals surface area contributed by atoms with Gasteiger partial charge >= 0.3 is 0 Å². The van der Waals surface area contributed by atoms with Crippen LogP contribution in [0.25, 0.3) is 0 Å². The summed E-state index contributed by atoms with van der Waals surface area (Å²) in [5.74, 6) is 0.717. The van der Waals surface area contributed by atoms with E-state index in [1.807, 2.05) is 25.1 Å². The van der Waals surface area contributed by atoms with Crippen LogP contribution in [0, 0.1) is 0 Å². The quantitative estimate of drug-likeness (QED) is 0.424. The highest BCUT2D eigenvalue weighted by Gasteiger charge is 2.09. The van der Waals surface area contributed by atoms with Gasteiger partial charge in [-0.1, -0.05) is 23.7 Å². The van der Waals surface area contributed by atoms with E-state index in [1.165, 1.54) is 6.20 Å². The van der Waals surface area contributed by atoms with Gasteiger partial charge in [0.25, 0.3) is 5.91 Å². The molecule has 0 saturated carbocycles. The third-order valence-electron chi connectivity index (χ3n) is 3.95. The minimum Gasteiger partial charge on any atom is -0.394 e. The topological polar surface area (TPSA) is 117 Å². The lowest BCUT2D eigenvalue weighted by atomic mass is 10.1. The van der Waals surface area contributed by atoms with Gasteiger partial charge < -0.3 is 21.1 Å². The minimum atomic E-state index is -0.109. The fourth-order valence-electron chi connectivity index (χ4n) is 2.60. The van der Waals surface area contributed by atoms with E-state index in [4.69, 9.17) is 16.7 Å². The summed E-state index contributed by atoms with van der Waals surface area (Å²) < 4.78 is 1.61. The van der Waals surface area contributed by atoms with Crippen LogP contribution >= 0.6 is 11.6 Å². The first-order chi connectivity index (χ1) is 14.1.